The molecule has 2 N–H and O–H groups in total. The van der Waals surface area contributed by atoms with Crippen LogP contribution in [0, 0.1) is 13.8 Å². The van der Waals surface area contributed by atoms with Gasteiger partial charge in [-0.05, 0) is 68.3 Å². The van der Waals surface area contributed by atoms with E-state index in [0.717, 1.165) is 4.90 Å². The Bertz CT molecular complexity index is 881. The van der Waals surface area contributed by atoms with E-state index < -0.39 is 18.0 Å². The molecule has 0 aliphatic carbocycles. The van der Waals surface area contributed by atoms with Crippen molar-refractivity contribution >= 4 is 40.9 Å². The maximum Gasteiger partial charge on any atom is 0.307 e. The standard InChI is InChI=1S/C22H26N2O4S/c1-14-5-10-20(13-15(14)2)29-12-11-21(26)28-16(3)22(27)24-19-8-6-18(7-9-19)23-17(4)25/h5-10,13,16H,11-12H2,1-4H3,(H,23,25)(H,24,27)/t16-/m0/s1. The summed E-state index contributed by atoms with van der Waals surface area (Å²) >= 11 is 1.58. The van der Waals surface area contributed by atoms with Crippen LogP contribution in [-0.2, 0) is 19.1 Å². The highest BCUT2D eigenvalue weighted by Crippen LogP contribution is 2.22. The zero-order chi connectivity index (χ0) is 21.4. The third kappa shape index (κ3) is 7.62. The predicted molar refractivity (Wildman–Crippen MR) is 116 cm³/mol. The van der Waals surface area contributed by atoms with Crippen molar-refractivity contribution in [1.29, 1.82) is 0 Å². The highest BCUT2D eigenvalue weighted by Gasteiger charge is 2.18. The Labute approximate surface area is 175 Å². The molecule has 2 aromatic rings. The van der Waals surface area contributed by atoms with E-state index in [4.69, 9.17) is 4.74 Å². The van der Waals surface area contributed by atoms with Gasteiger partial charge in [0.2, 0.25) is 5.91 Å². The summed E-state index contributed by atoms with van der Waals surface area (Å²) in [5.41, 5.74) is 3.64. The third-order valence-electron chi connectivity index (χ3n) is 4.20. The molecule has 0 aliphatic rings. The van der Waals surface area contributed by atoms with E-state index in [0.29, 0.717) is 17.1 Å². The Morgan fingerprint density at radius 2 is 1.59 bits per heavy atom. The molecule has 2 aromatic carbocycles. The number of hydrogen-bond acceptors (Lipinski definition) is 5. The van der Waals surface area contributed by atoms with Crippen molar-refractivity contribution in [2.75, 3.05) is 16.4 Å². The van der Waals surface area contributed by atoms with Crippen LogP contribution in [0.5, 0.6) is 0 Å². The van der Waals surface area contributed by atoms with E-state index in [-0.39, 0.29) is 12.3 Å². The topological polar surface area (TPSA) is 84.5 Å². The van der Waals surface area contributed by atoms with Crippen LogP contribution in [0.15, 0.2) is 47.4 Å². The lowest BCUT2D eigenvalue weighted by Gasteiger charge is -2.14. The van der Waals surface area contributed by atoms with E-state index in [1.54, 1.807) is 36.0 Å². The molecule has 154 valence electrons. The summed E-state index contributed by atoms with van der Waals surface area (Å²) in [7, 11) is 0. The van der Waals surface area contributed by atoms with Gasteiger partial charge in [-0.3, -0.25) is 14.4 Å². The van der Waals surface area contributed by atoms with Crippen LogP contribution in [0.3, 0.4) is 0 Å². The number of hydrogen-bond donors (Lipinski definition) is 2. The zero-order valence-corrected chi connectivity index (χ0v) is 17.9. The van der Waals surface area contributed by atoms with Gasteiger partial charge in [-0.1, -0.05) is 6.07 Å². The minimum absolute atomic E-state index is 0.169. The number of thioether (sulfide) groups is 1. The number of benzene rings is 2. The van der Waals surface area contributed by atoms with Crippen molar-refractivity contribution in [3.63, 3.8) is 0 Å². The fourth-order valence-corrected chi connectivity index (χ4v) is 3.38. The van der Waals surface area contributed by atoms with Gasteiger partial charge in [0.1, 0.15) is 0 Å². The Balaban J connectivity index is 1.75. The van der Waals surface area contributed by atoms with Crippen LogP contribution in [-0.4, -0.2) is 29.6 Å². The first kappa shape index (κ1) is 22.5. The minimum atomic E-state index is -0.899. The quantitative estimate of drug-likeness (QED) is 0.497. The molecule has 0 radical (unpaired) electrons. The molecule has 1 atom stereocenters. The van der Waals surface area contributed by atoms with Gasteiger partial charge in [0.15, 0.2) is 6.10 Å². The normalized spacial score (nSPS) is 11.4. The predicted octanol–water partition coefficient (Wildman–Crippen LogP) is 4.31. The molecule has 0 bridgehead atoms. The summed E-state index contributed by atoms with van der Waals surface area (Å²) < 4.78 is 5.22. The Hall–Kier alpha value is -2.80. The van der Waals surface area contributed by atoms with Gasteiger partial charge in [-0.25, -0.2) is 0 Å². The molecule has 2 rings (SSSR count). The van der Waals surface area contributed by atoms with Crippen LogP contribution in [0.1, 0.15) is 31.4 Å². The fourth-order valence-electron chi connectivity index (χ4n) is 2.45. The molecule has 0 fully saturated rings. The Morgan fingerprint density at radius 3 is 2.17 bits per heavy atom. The zero-order valence-electron chi connectivity index (χ0n) is 17.1. The largest absolute Gasteiger partial charge is 0.453 e. The van der Waals surface area contributed by atoms with Crippen molar-refractivity contribution in [3.05, 3.63) is 53.6 Å². The number of esters is 1. The summed E-state index contributed by atoms with van der Waals surface area (Å²) in [6.45, 7) is 7.08. The number of nitrogens with one attached hydrogen (secondary N) is 2. The van der Waals surface area contributed by atoms with E-state index in [9.17, 15) is 14.4 Å². The van der Waals surface area contributed by atoms with E-state index >= 15 is 0 Å². The van der Waals surface area contributed by atoms with Gasteiger partial charge in [0, 0.05) is 28.9 Å². The molecule has 0 saturated carbocycles. The average Bonchev–Trinajstić information content (AvgIpc) is 2.65. The lowest BCUT2D eigenvalue weighted by molar-refractivity contribution is -0.152. The smallest absolute Gasteiger partial charge is 0.307 e. The van der Waals surface area contributed by atoms with Crippen LogP contribution in [0.2, 0.25) is 0 Å². The third-order valence-corrected chi connectivity index (χ3v) is 5.20. The first-order valence-corrected chi connectivity index (χ1v) is 10.3. The van der Waals surface area contributed by atoms with Gasteiger partial charge in [0.05, 0.1) is 6.42 Å². The maximum absolute atomic E-state index is 12.2. The number of carbonyl (C=O) groups is 3. The highest BCUT2D eigenvalue weighted by atomic mass is 32.2. The second-order valence-corrected chi connectivity index (χ2v) is 7.89. The Morgan fingerprint density at radius 1 is 0.966 bits per heavy atom. The van der Waals surface area contributed by atoms with Crippen molar-refractivity contribution in [1.82, 2.24) is 0 Å². The Kier molecular flexibility index (Phi) is 8.27. The first-order chi connectivity index (χ1) is 13.7. The van der Waals surface area contributed by atoms with E-state index in [1.807, 2.05) is 6.07 Å². The molecule has 0 spiro atoms. The second-order valence-electron chi connectivity index (χ2n) is 6.72. The fraction of sp³-hybridized carbons (Fsp3) is 0.318. The van der Waals surface area contributed by atoms with Gasteiger partial charge < -0.3 is 15.4 Å². The average molecular weight is 415 g/mol. The van der Waals surface area contributed by atoms with Gasteiger partial charge in [-0.15, -0.1) is 11.8 Å². The summed E-state index contributed by atoms with van der Waals surface area (Å²) in [5.74, 6) is -0.407. The maximum atomic E-state index is 12.2. The van der Waals surface area contributed by atoms with E-state index in [1.165, 1.54) is 25.0 Å². The molecule has 7 heteroatoms. The molecule has 29 heavy (non-hydrogen) atoms. The number of ether oxygens (including phenoxy) is 1. The van der Waals surface area contributed by atoms with Gasteiger partial charge in [-0.2, -0.15) is 0 Å². The van der Waals surface area contributed by atoms with Crippen molar-refractivity contribution < 1.29 is 19.1 Å². The minimum Gasteiger partial charge on any atom is -0.453 e. The monoisotopic (exact) mass is 414 g/mol. The van der Waals surface area contributed by atoms with Crippen molar-refractivity contribution in [2.24, 2.45) is 0 Å². The van der Waals surface area contributed by atoms with Gasteiger partial charge >= 0.3 is 5.97 Å². The van der Waals surface area contributed by atoms with Crippen LogP contribution in [0.4, 0.5) is 11.4 Å². The van der Waals surface area contributed by atoms with Crippen LogP contribution >= 0.6 is 11.8 Å². The number of carbonyl (C=O) groups excluding carboxylic acids is 3. The molecule has 0 aliphatic heterocycles. The number of aryl methyl sites for hydroxylation is 2. The molecule has 0 heterocycles. The second kappa shape index (κ2) is 10.7. The van der Waals surface area contributed by atoms with Gasteiger partial charge in [0.25, 0.3) is 5.91 Å². The molecule has 6 nitrogen and oxygen atoms in total. The summed E-state index contributed by atoms with van der Waals surface area (Å²) in [6, 6.07) is 12.9. The molecular formula is C22H26N2O4S. The number of rotatable bonds is 8. The first-order valence-electron chi connectivity index (χ1n) is 9.32. The number of amides is 2. The molecular weight excluding hydrogens is 388 g/mol. The summed E-state index contributed by atoms with van der Waals surface area (Å²) in [5, 5.41) is 5.34. The van der Waals surface area contributed by atoms with Crippen LogP contribution < -0.4 is 10.6 Å². The van der Waals surface area contributed by atoms with Crippen LogP contribution in [0.25, 0.3) is 0 Å². The lowest BCUT2D eigenvalue weighted by atomic mass is 10.1. The molecule has 0 saturated heterocycles. The summed E-state index contributed by atoms with van der Waals surface area (Å²) in [4.78, 5) is 36.4. The highest BCUT2D eigenvalue weighted by molar-refractivity contribution is 7.99. The summed E-state index contributed by atoms with van der Waals surface area (Å²) in [6.07, 6.45) is -0.676. The van der Waals surface area contributed by atoms with Crippen molar-refractivity contribution in [2.45, 2.75) is 45.1 Å². The molecule has 0 aromatic heterocycles. The molecule has 0 unspecified atom stereocenters. The molecule has 2 amide bonds. The SMILES string of the molecule is CC(=O)Nc1ccc(NC(=O)[C@H](C)OC(=O)CCSc2ccc(C)c(C)c2)cc1. The number of anilines is 2. The lowest BCUT2D eigenvalue weighted by Crippen LogP contribution is -2.30. The van der Waals surface area contributed by atoms with E-state index in [2.05, 4.69) is 36.6 Å². The van der Waals surface area contributed by atoms with Crippen molar-refractivity contribution in [3.8, 4) is 0 Å².